The third kappa shape index (κ3) is 6.68. The van der Waals surface area contributed by atoms with Crippen LogP contribution in [-0.2, 0) is 12.8 Å². The molecule has 2 atom stereocenters. The summed E-state index contributed by atoms with van der Waals surface area (Å²) in [6.45, 7) is 12.6. The van der Waals surface area contributed by atoms with Gasteiger partial charge in [0.15, 0.2) is 0 Å². The van der Waals surface area contributed by atoms with E-state index >= 15 is 0 Å². The van der Waals surface area contributed by atoms with E-state index < -0.39 is 0 Å². The average molecular weight is 547 g/mol. The van der Waals surface area contributed by atoms with E-state index in [-0.39, 0.29) is 18.1 Å². The normalized spacial score (nSPS) is 11.4. The van der Waals surface area contributed by atoms with Crippen molar-refractivity contribution in [3.8, 4) is 34.1 Å². The summed E-state index contributed by atoms with van der Waals surface area (Å²) in [5, 5.41) is 0. The Morgan fingerprint density at radius 3 is 1.32 bits per heavy atom. The van der Waals surface area contributed by atoms with Gasteiger partial charge in [-0.25, -0.2) is 0 Å². The second-order valence-electron chi connectivity index (χ2n) is 9.41. The maximum atomic E-state index is 6.34. The zero-order chi connectivity index (χ0) is 27.1. The molecule has 4 rings (SSSR count). The molecule has 0 aromatic heterocycles. The van der Waals surface area contributed by atoms with Gasteiger partial charge in [0, 0.05) is 11.1 Å². The lowest BCUT2D eigenvalue weighted by molar-refractivity contribution is 0.506. The molecule has 0 aliphatic heterocycles. The van der Waals surface area contributed by atoms with Crippen LogP contribution in [0.3, 0.4) is 0 Å². The lowest BCUT2D eigenvalue weighted by Gasteiger charge is -2.20. The second kappa shape index (κ2) is 13.1. The van der Waals surface area contributed by atoms with Crippen molar-refractivity contribution in [2.45, 2.75) is 54.4 Å². The summed E-state index contributed by atoms with van der Waals surface area (Å²) in [4.78, 5) is 0. The minimum Gasteiger partial charge on any atom is -0.440 e. The molecule has 0 saturated heterocycles. The highest BCUT2D eigenvalue weighted by atomic mass is 31.1. The van der Waals surface area contributed by atoms with Crippen LogP contribution in [0.1, 0.15) is 47.2 Å². The molecule has 6 heteroatoms. The van der Waals surface area contributed by atoms with Crippen LogP contribution in [0, 0.1) is 27.7 Å². The van der Waals surface area contributed by atoms with Gasteiger partial charge in [-0.05, 0) is 98.2 Å². The van der Waals surface area contributed by atoms with Gasteiger partial charge >= 0.3 is 0 Å². The fraction of sp³-hybridized carbons (Fsp3) is 0.250. The Kier molecular flexibility index (Phi) is 9.67. The van der Waals surface area contributed by atoms with E-state index in [1.165, 1.54) is 11.1 Å². The van der Waals surface area contributed by atoms with Crippen molar-refractivity contribution >= 4 is 18.1 Å². The monoisotopic (exact) mass is 546 g/mol. The molecule has 0 aliphatic carbocycles. The molecule has 0 fully saturated rings. The van der Waals surface area contributed by atoms with Crippen LogP contribution in [0.2, 0.25) is 0 Å². The Bertz CT molecular complexity index is 1290. The maximum absolute atomic E-state index is 6.34. The summed E-state index contributed by atoms with van der Waals surface area (Å²) >= 11 is 0. The molecular weight excluding hydrogens is 510 g/mol. The number of benzene rings is 4. The predicted molar refractivity (Wildman–Crippen MR) is 162 cm³/mol. The first-order valence-electron chi connectivity index (χ1n) is 13.0. The molecule has 0 N–H and O–H groups in total. The lowest BCUT2D eigenvalue weighted by atomic mass is 9.95. The van der Waals surface area contributed by atoms with Crippen LogP contribution >= 0.6 is 18.1 Å². The van der Waals surface area contributed by atoms with E-state index in [0.717, 1.165) is 69.2 Å². The third-order valence-electron chi connectivity index (χ3n) is 6.43. The van der Waals surface area contributed by atoms with Crippen LogP contribution in [-0.4, -0.2) is 0 Å². The van der Waals surface area contributed by atoms with Crippen molar-refractivity contribution in [2.24, 2.45) is 0 Å². The minimum atomic E-state index is -0.171. The van der Waals surface area contributed by atoms with E-state index in [2.05, 4.69) is 77.9 Å². The number of rotatable bonds is 11. The lowest BCUT2D eigenvalue weighted by Crippen LogP contribution is -1.98. The second-order valence-corrected chi connectivity index (χ2v) is 10.6. The number of hydrogen-bond donors (Lipinski definition) is 0. The molecule has 0 radical (unpaired) electrons. The minimum absolute atomic E-state index is 0.171. The summed E-state index contributed by atoms with van der Waals surface area (Å²) in [6.07, 6.45) is 1.81. The largest absolute Gasteiger partial charge is 0.440 e. The van der Waals surface area contributed by atoms with Gasteiger partial charge in [0.1, 0.15) is 23.0 Å². The molecular formula is C32H36O4P2. The van der Waals surface area contributed by atoms with Gasteiger partial charge in [-0.3, -0.25) is 0 Å². The highest BCUT2D eigenvalue weighted by Gasteiger charge is 2.19. The van der Waals surface area contributed by atoms with Crippen LogP contribution in [0.15, 0.2) is 72.8 Å². The molecule has 4 aromatic rings. The van der Waals surface area contributed by atoms with Crippen molar-refractivity contribution in [2.75, 3.05) is 0 Å². The quantitative estimate of drug-likeness (QED) is 0.176. The molecule has 2 unspecified atom stereocenters. The van der Waals surface area contributed by atoms with Crippen molar-refractivity contribution in [3.05, 3.63) is 106 Å². The molecule has 0 saturated carbocycles. The first kappa shape index (κ1) is 28.0. The van der Waals surface area contributed by atoms with Crippen LogP contribution in [0.5, 0.6) is 23.0 Å². The molecule has 4 nitrogen and oxygen atoms in total. The van der Waals surface area contributed by atoms with Gasteiger partial charge < -0.3 is 18.1 Å². The summed E-state index contributed by atoms with van der Waals surface area (Å²) in [5.74, 6) is 3.33. The Morgan fingerprint density at radius 2 is 0.921 bits per heavy atom. The Balaban J connectivity index is 1.62. The zero-order valence-corrected chi connectivity index (χ0v) is 25.0. The molecule has 38 heavy (non-hydrogen) atoms. The molecule has 4 aromatic carbocycles. The highest BCUT2D eigenvalue weighted by molar-refractivity contribution is 7.27. The molecule has 0 amide bonds. The summed E-state index contributed by atoms with van der Waals surface area (Å²) in [7, 11) is -0.342. The predicted octanol–water partition coefficient (Wildman–Crippen LogP) is 9.64. The van der Waals surface area contributed by atoms with E-state index in [4.69, 9.17) is 18.1 Å². The van der Waals surface area contributed by atoms with E-state index in [0.29, 0.717) is 0 Å². The highest BCUT2D eigenvalue weighted by Crippen LogP contribution is 2.45. The zero-order valence-electron chi connectivity index (χ0n) is 23.0. The van der Waals surface area contributed by atoms with Crippen LogP contribution in [0.25, 0.3) is 11.1 Å². The Morgan fingerprint density at radius 1 is 0.526 bits per heavy atom. The SMILES string of the molecule is CCc1ccccc1OPOc1c(C)cc(C)cc1-c1cc(C)cc(C)c1OPOc1ccccc1CC. The van der Waals surface area contributed by atoms with Crippen molar-refractivity contribution in [1.82, 2.24) is 0 Å². The first-order chi connectivity index (χ1) is 18.4. The maximum Gasteiger partial charge on any atom is 0.275 e. The number of aryl methyl sites for hydroxylation is 6. The topological polar surface area (TPSA) is 36.9 Å². The first-order valence-corrected chi connectivity index (χ1v) is 14.6. The fourth-order valence-electron chi connectivity index (χ4n) is 4.59. The van der Waals surface area contributed by atoms with Gasteiger partial charge in [0.2, 0.25) is 0 Å². The summed E-state index contributed by atoms with van der Waals surface area (Å²) in [6, 6.07) is 24.8. The van der Waals surface area contributed by atoms with E-state index in [1.807, 2.05) is 36.4 Å². The smallest absolute Gasteiger partial charge is 0.275 e. The summed E-state index contributed by atoms with van der Waals surface area (Å²) in [5.41, 5.74) is 8.74. The molecule has 198 valence electrons. The fourth-order valence-corrected chi connectivity index (χ4v) is 5.96. The molecule has 0 bridgehead atoms. The molecule has 0 heterocycles. The standard InChI is InChI=1S/C32H36O4P2/c1-7-25-13-9-11-15-29(25)33-37-35-31-23(5)17-21(3)19-27(31)28-20-22(4)18-24(6)32(28)36-38-34-30-16-12-10-14-26(30)8-2/h9-20,37-38H,7-8H2,1-6H3. The van der Waals surface area contributed by atoms with Crippen LogP contribution < -0.4 is 18.1 Å². The number of hydrogen-bond acceptors (Lipinski definition) is 4. The van der Waals surface area contributed by atoms with Gasteiger partial charge in [0.05, 0.1) is 0 Å². The molecule has 0 aliphatic rings. The van der Waals surface area contributed by atoms with Crippen molar-refractivity contribution in [3.63, 3.8) is 0 Å². The van der Waals surface area contributed by atoms with Gasteiger partial charge in [-0.1, -0.05) is 62.4 Å². The van der Waals surface area contributed by atoms with Gasteiger partial charge in [-0.2, -0.15) is 0 Å². The third-order valence-corrected chi connectivity index (χ3v) is 7.61. The summed E-state index contributed by atoms with van der Waals surface area (Å²) < 4.78 is 24.8. The average Bonchev–Trinajstić information content (AvgIpc) is 2.91. The van der Waals surface area contributed by atoms with Crippen molar-refractivity contribution < 1.29 is 18.1 Å². The van der Waals surface area contributed by atoms with Crippen molar-refractivity contribution in [1.29, 1.82) is 0 Å². The van der Waals surface area contributed by atoms with E-state index in [9.17, 15) is 0 Å². The Labute approximate surface area is 230 Å². The van der Waals surface area contributed by atoms with E-state index in [1.54, 1.807) is 0 Å². The van der Waals surface area contributed by atoms with Gasteiger partial charge in [-0.15, -0.1) is 0 Å². The Hall–Kier alpha value is -3.06. The van der Waals surface area contributed by atoms with Gasteiger partial charge in [0.25, 0.3) is 18.1 Å². The number of para-hydroxylation sites is 2. The van der Waals surface area contributed by atoms with Crippen LogP contribution in [0.4, 0.5) is 0 Å². The molecule has 0 spiro atoms.